The first kappa shape index (κ1) is 34.5. The van der Waals surface area contributed by atoms with Crippen LogP contribution in [0.25, 0.3) is 101 Å². The second-order valence-electron chi connectivity index (χ2n) is 15.0. The number of pyridine rings is 3. The van der Waals surface area contributed by atoms with E-state index in [4.69, 9.17) is 8.83 Å². The topological polar surface area (TPSA) is 113 Å². The lowest BCUT2D eigenvalue weighted by Crippen LogP contribution is -2.00. The zero-order valence-corrected chi connectivity index (χ0v) is 32.4. The fraction of sp³-hybridized carbons (Fsp3) is 0.0196. The Hall–Kier alpha value is -8.50. The average molecular weight is 789 g/mol. The lowest BCUT2D eigenvalue weighted by molar-refractivity contribution is 0.668. The quantitative estimate of drug-likeness (QED) is 0.149. The van der Waals surface area contributed by atoms with Gasteiger partial charge < -0.3 is 8.83 Å². The van der Waals surface area contributed by atoms with Gasteiger partial charge in [-0.25, -0.2) is 15.0 Å². The summed E-state index contributed by atoms with van der Waals surface area (Å²) in [5.41, 5.74) is 12.5. The van der Waals surface area contributed by atoms with Crippen molar-refractivity contribution >= 4 is 43.9 Å². The monoisotopic (exact) mass is 788 g/mol. The van der Waals surface area contributed by atoms with Crippen molar-refractivity contribution in [2.24, 2.45) is 0 Å². The van der Waals surface area contributed by atoms with Crippen molar-refractivity contribution < 1.29 is 8.83 Å². The van der Waals surface area contributed by atoms with Gasteiger partial charge in [0.05, 0.1) is 17.6 Å². The summed E-state index contributed by atoms with van der Waals surface area (Å²) in [7, 11) is 0. The Morgan fingerprint density at radius 1 is 0.443 bits per heavy atom. The summed E-state index contributed by atoms with van der Waals surface area (Å²) in [4.78, 5) is 18.3. The average Bonchev–Trinajstić information content (AvgIpc) is 4.15. The largest absolute Gasteiger partial charge is 0.456 e. The van der Waals surface area contributed by atoms with Crippen LogP contribution in [0.4, 0.5) is 0 Å². The molecule has 288 valence electrons. The molecule has 0 aliphatic rings. The maximum Gasteiger partial charge on any atom is 0.169 e. The van der Waals surface area contributed by atoms with E-state index in [2.05, 4.69) is 115 Å². The Morgan fingerprint density at radius 2 is 1.02 bits per heavy atom. The molecule has 0 aliphatic carbocycles. The van der Waals surface area contributed by atoms with Crippen LogP contribution in [0.3, 0.4) is 0 Å². The van der Waals surface area contributed by atoms with E-state index in [0.717, 1.165) is 101 Å². The third-order valence-electron chi connectivity index (χ3n) is 11.2. The van der Waals surface area contributed by atoms with Crippen LogP contribution in [0.2, 0.25) is 0 Å². The summed E-state index contributed by atoms with van der Waals surface area (Å²) in [6, 6.07) is 49.7. The van der Waals surface area contributed by atoms with E-state index in [9.17, 15) is 0 Å². The molecule has 61 heavy (non-hydrogen) atoms. The van der Waals surface area contributed by atoms with Crippen LogP contribution < -0.4 is 0 Å². The lowest BCUT2D eigenvalue weighted by atomic mass is 9.96. The molecular weight excluding hydrogens is 757 g/mol. The highest BCUT2D eigenvalue weighted by molar-refractivity contribution is 6.08. The number of nitrogens with zero attached hydrogens (tertiary/aromatic N) is 8. The molecule has 0 N–H and O–H groups in total. The molecule has 0 unspecified atom stereocenters. The fourth-order valence-corrected chi connectivity index (χ4v) is 8.33. The summed E-state index contributed by atoms with van der Waals surface area (Å²) in [6.07, 6.45) is 11.5. The van der Waals surface area contributed by atoms with Crippen molar-refractivity contribution in [1.82, 2.24) is 39.3 Å². The van der Waals surface area contributed by atoms with Gasteiger partial charge in [0, 0.05) is 56.8 Å². The minimum absolute atomic E-state index is 0.667. The number of hydrogen-bond donors (Lipinski definition) is 0. The number of aromatic nitrogens is 8. The minimum atomic E-state index is 0.667. The minimum Gasteiger partial charge on any atom is -0.456 e. The number of hydrogen-bond acceptors (Lipinski definition) is 8. The Balaban J connectivity index is 0.945. The summed E-state index contributed by atoms with van der Waals surface area (Å²) in [5.74, 6) is 2.16. The molecule has 12 aromatic rings. The normalized spacial score (nSPS) is 11.7. The number of furan rings is 2. The van der Waals surface area contributed by atoms with Crippen LogP contribution in [0.5, 0.6) is 0 Å². The fourth-order valence-electron chi connectivity index (χ4n) is 8.33. The van der Waals surface area contributed by atoms with Crippen LogP contribution >= 0.6 is 0 Å². The van der Waals surface area contributed by atoms with Gasteiger partial charge in [-0.3, -0.25) is 14.1 Å². The van der Waals surface area contributed by atoms with Gasteiger partial charge in [-0.15, -0.1) is 10.2 Å². The molecule has 0 radical (unpaired) electrons. The highest BCUT2D eigenvalue weighted by Gasteiger charge is 2.18. The Kier molecular flexibility index (Phi) is 7.98. The Morgan fingerprint density at radius 3 is 1.67 bits per heavy atom. The van der Waals surface area contributed by atoms with E-state index in [1.165, 1.54) is 11.1 Å². The molecule has 12 rings (SSSR count). The van der Waals surface area contributed by atoms with E-state index in [1.54, 1.807) is 25.0 Å². The van der Waals surface area contributed by atoms with Crippen LogP contribution in [0.15, 0.2) is 192 Å². The third kappa shape index (κ3) is 6.13. The van der Waals surface area contributed by atoms with Gasteiger partial charge in [0.25, 0.3) is 0 Å². The number of imidazole rings is 1. The second-order valence-corrected chi connectivity index (χ2v) is 15.0. The molecule has 0 atom stereocenters. The van der Waals surface area contributed by atoms with E-state index < -0.39 is 0 Å². The first-order valence-corrected chi connectivity index (χ1v) is 19.9. The zero-order valence-electron chi connectivity index (χ0n) is 32.4. The number of rotatable bonds is 8. The molecule has 0 fully saturated rings. The van der Waals surface area contributed by atoms with Crippen molar-refractivity contribution in [2.75, 3.05) is 0 Å². The van der Waals surface area contributed by atoms with Gasteiger partial charge in [0.1, 0.15) is 46.6 Å². The number of benzene rings is 5. The zero-order chi connectivity index (χ0) is 40.3. The molecular formula is C51H32N8O2. The molecule has 0 aliphatic heterocycles. The maximum absolute atomic E-state index is 6.42. The van der Waals surface area contributed by atoms with Gasteiger partial charge in [0.2, 0.25) is 0 Å². The van der Waals surface area contributed by atoms with E-state index in [-0.39, 0.29) is 0 Å². The molecule has 5 aromatic carbocycles. The molecule has 10 heteroatoms. The predicted octanol–water partition coefficient (Wildman–Crippen LogP) is 11.7. The van der Waals surface area contributed by atoms with E-state index >= 15 is 0 Å². The van der Waals surface area contributed by atoms with Crippen LogP contribution in [0, 0.1) is 0 Å². The van der Waals surface area contributed by atoms with Gasteiger partial charge in [0.15, 0.2) is 5.82 Å². The summed E-state index contributed by atoms with van der Waals surface area (Å²) in [6.45, 7) is 0. The first-order chi connectivity index (χ1) is 30.2. The summed E-state index contributed by atoms with van der Waals surface area (Å²) < 4.78 is 16.6. The highest BCUT2D eigenvalue weighted by atomic mass is 16.3. The summed E-state index contributed by atoms with van der Waals surface area (Å²) >= 11 is 0. The molecule has 0 saturated carbocycles. The SMILES string of the molecule is c1ccc(-c2ccc3oc4ccc(Cc5ccc6oc7ccc(-c8cc(-c9cncn9-c9ccccn9)cc(-c9nncn9-c9ccccn9)c8)cc7c6c5)cc4c3c2)nc1. The van der Waals surface area contributed by atoms with E-state index in [1.807, 2.05) is 82.2 Å². The molecule has 7 aromatic heterocycles. The maximum atomic E-state index is 6.42. The van der Waals surface area contributed by atoms with Crippen molar-refractivity contribution in [3.63, 3.8) is 0 Å². The van der Waals surface area contributed by atoms with Gasteiger partial charge in [-0.05, 0) is 138 Å². The second kappa shape index (κ2) is 14.1. The Bertz CT molecular complexity index is 3470. The van der Waals surface area contributed by atoms with Crippen molar-refractivity contribution in [3.05, 3.63) is 194 Å². The van der Waals surface area contributed by atoms with Crippen molar-refractivity contribution in [3.8, 4) is 56.7 Å². The smallest absolute Gasteiger partial charge is 0.169 e. The van der Waals surface area contributed by atoms with Gasteiger partial charge >= 0.3 is 0 Å². The summed E-state index contributed by atoms with van der Waals surface area (Å²) in [5, 5.41) is 13.2. The van der Waals surface area contributed by atoms with Crippen molar-refractivity contribution in [2.45, 2.75) is 6.42 Å². The van der Waals surface area contributed by atoms with Crippen LogP contribution in [0.1, 0.15) is 11.1 Å². The molecule has 0 bridgehead atoms. The van der Waals surface area contributed by atoms with E-state index in [0.29, 0.717) is 5.82 Å². The Labute approximate surface area is 348 Å². The highest BCUT2D eigenvalue weighted by Crippen LogP contribution is 2.38. The van der Waals surface area contributed by atoms with Gasteiger partial charge in [-0.2, -0.15) is 0 Å². The third-order valence-corrected chi connectivity index (χ3v) is 11.2. The predicted molar refractivity (Wildman–Crippen MR) is 237 cm³/mol. The number of fused-ring (bicyclic) bond motifs is 6. The standard InChI is InChI=1S/C51H32N8O2/c1-4-18-53-43(7-1)35-13-17-48-42(28-35)40-23-33(11-15-46(40)61-48)21-32-10-14-45-39(22-32)41-27-34(12-16-47(41)60-45)36-24-37(44-29-52-30-58(44)49-8-2-5-19-54-49)26-38(25-36)51-57-56-31-59(51)50-9-3-6-20-55-50/h1-20,22-31H,21H2. The van der Waals surface area contributed by atoms with Gasteiger partial charge in [-0.1, -0.05) is 36.4 Å². The van der Waals surface area contributed by atoms with Crippen LogP contribution in [-0.4, -0.2) is 39.3 Å². The molecule has 0 amide bonds. The molecule has 10 nitrogen and oxygen atoms in total. The van der Waals surface area contributed by atoms with Crippen LogP contribution in [-0.2, 0) is 6.42 Å². The molecule has 0 spiro atoms. The molecule has 0 saturated heterocycles. The van der Waals surface area contributed by atoms with Crippen molar-refractivity contribution in [1.29, 1.82) is 0 Å². The first-order valence-electron chi connectivity index (χ1n) is 19.9. The lowest BCUT2D eigenvalue weighted by Gasteiger charge is -2.13. The molecule has 7 heterocycles.